The quantitative estimate of drug-likeness (QED) is 0.594. The predicted molar refractivity (Wildman–Crippen MR) is 54.6 cm³/mol. The van der Waals surface area contributed by atoms with E-state index in [-0.39, 0.29) is 5.92 Å². The Morgan fingerprint density at radius 1 is 1.62 bits per heavy atom. The second kappa shape index (κ2) is 3.14. The third-order valence-electron chi connectivity index (χ3n) is 3.12. The molecule has 1 fully saturated rings. The van der Waals surface area contributed by atoms with Crippen molar-refractivity contribution in [2.24, 2.45) is 5.92 Å². The molecule has 0 aromatic carbocycles. The summed E-state index contributed by atoms with van der Waals surface area (Å²) in [6.45, 7) is 1.91. The van der Waals surface area contributed by atoms with Crippen LogP contribution in [0.1, 0.15) is 32.6 Å². The largest absolute Gasteiger partial charge is 0.389 e. The van der Waals surface area contributed by atoms with Crippen molar-refractivity contribution in [1.29, 1.82) is 0 Å². The van der Waals surface area contributed by atoms with Crippen molar-refractivity contribution < 1.29 is 5.11 Å². The van der Waals surface area contributed by atoms with E-state index in [1.807, 2.05) is 13.0 Å². The maximum Gasteiger partial charge on any atom is 0.0719 e. The minimum absolute atomic E-state index is 0.169. The first-order valence-electron chi connectivity index (χ1n) is 4.87. The molecule has 0 aromatic heterocycles. The minimum Gasteiger partial charge on any atom is -0.389 e. The summed E-state index contributed by atoms with van der Waals surface area (Å²) in [5.74, 6) is 0.169. The molecule has 0 heterocycles. The van der Waals surface area contributed by atoms with Gasteiger partial charge >= 0.3 is 0 Å². The van der Waals surface area contributed by atoms with E-state index in [2.05, 4.69) is 6.08 Å². The summed E-state index contributed by atoms with van der Waals surface area (Å²) in [6, 6.07) is 0. The average Bonchev–Trinajstić information content (AvgIpc) is 2.06. The van der Waals surface area contributed by atoms with Gasteiger partial charge in [0.2, 0.25) is 0 Å². The molecule has 1 saturated carbocycles. The molecule has 1 nitrogen and oxygen atoms in total. The highest BCUT2D eigenvalue weighted by atomic mass is 35.5. The second-order valence-corrected chi connectivity index (χ2v) is 4.77. The topological polar surface area (TPSA) is 20.2 Å². The molecule has 2 aliphatic rings. The van der Waals surface area contributed by atoms with E-state index in [0.29, 0.717) is 0 Å². The van der Waals surface area contributed by atoms with E-state index in [9.17, 15) is 5.11 Å². The minimum atomic E-state index is -0.579. The zero-order valence-corrected chi connectivity index (χ0v) is 8.64. The fourth-order valence-corrected chi connectivity index (χ4v) is 2.56. The number of fused-ring (bicyclic) bond motifs is 1. The molecule has 13 heavy (non-hydrogen) atoms. The lowest BCUT2D eigenvalue weighted by atomic mass is 9.71. The third kappa shape index (κ3) is 1.68. The Labute approximate surface area is 84.1 Å². The number of aliphatic hydroxyl groups is 1. The van der Waals surface area contributed by atoms with E-state index < -0.39 is 5.60 Å². The summed E-state index contributed by atoms with van der Waals surface area (Å²) in [5, 5.41) is 11.0. The Balaban J connectivity index is 2.29. The molecule has 0 spiro atoms. The SMILES string of the molecule is C[C@]1(O)CCCC2=CCC(Cl)=C[C@@H]21. The Morgan fingerprint density at radius 2 is 2.38 bits per heavy atom. The predicted octanol–water partition coefficient (Wildman–Crippen LogP) is 2.99. The molecule has 2 heteroatoms. The molecule has 72 valence electrons. The molecule has 0 amide bonds. The summed E-state index contributed by atoms with van der Waals surface area (Å²) in [5.41, 5.74) is 0.797. The number of rotatable bonds is 0. The first-order valence-corrected chi connectivity index (χ1v) is 5.25. The van der Waals surface area contributed by atoms with Crippen molar-refractivity contribution in [2.45, 2.75) is 38.2 Å². The van der Waals surface area contributed by atoms with E-state index in [0.717, 1.165) is 30.7 Å². The van der Waals surface area contributed by atoms with Crippen molar-refractivity contribution in [2.75, 3.05) is 0 Å². The highest BCUT2D eigenvalue weighted by Crippen LogP contribution is 2.42. The molecule has 0 saturated heterocycles. The summed E-state index contributed by atoms with van der Waals surface area (Å²) in [6.07, 6.45) is 8.16. The standard InChI is InChI=1S/C11H15ClO/c1-11(13)6-2-3-8-4-5-9(12)7-10(8)11/h4,7,10,13H,2-3,5-6H2,1H3/t10-,11-/m0/s1. The van der Waals surface area contributed by atoms with Crippen LogP contribution in [0.2, 0.25) is 0 Å². The summed E-state index contributed by atoms with van der Waals surface area (Å²) >= 11 is 5.97. The van der Waals surface area contributed by atoms with Gasteiger partial charge in [0.1, 0.15) is 0 Å². The van der Waals surface area contributed by atoms with Gasteiger partial charge in [-0.3, -0.25) is 0 Å². The van der Waals surface area contributed by atoms with Gasteiger partial charge in [0.05, 0.1) is 5.60 Å². The average molecular weight is 199 g/mol. The van der Waals surface area contributed by atoms with Crippen LogP contribution >= 0.6 is 11.6 Å². The Morgan fingerprint density at radius 3 is 3.15 bits per heavy atom. The Hall–Kier alpha value is -0.270. The van der Waals surface area contributed by atoms with Gasteiger partial charge < -0.3 is 5.11 Å². The van der Waals surface area contributed by atoms with E-state index in [4.69, 9.17) is 11.6 Å². The maximum atomic E-state index is 10.1. The number of allylic oxidation sites excluding steroid dienone is 2. The van der Waals surface area contributed by atoms with Crippen LogP contribution in [0.25, 0.3) is 0 Å². The molecular weight excluding hydrogens is 184 g/mol. The fourth-order valence-electron chi connectivity index (χ4n) is 2.35. The Bertz CT molecular complexity index is 276. The van der Waals surface area contributed by atoms with Crippen LogP contribution in [0.5, 0.6) is 0 Å². The van der Waals surface area contributed by atoms with Crippen LogP contribution < -0.4 is 0 Å². The molecule has 0 unspecified atom stereocenters. The molecular formula is C11H15ClO. The molecule has 0 aromatic rings. The van der Waals surface area contributed by atoms with Gasteiger partial charge in [0, 0.05) is 17.4 Å². The summed E-state index contributed by atoms with van der Waals surface area (Å²) in [7, 11) is 0. The second-order valence-electron chi connectivity index (χ2n) is 4.29. The Kier molecular flexibility index (Phi) is 2.25. The van der Waals surface area contributed by atoms with Crippen LogP contribution in [0.3, 0.4) is 0 Å². The fraction of sp³-hybridized carbons (Fsp3) is 0.636. The van der Waals surface area contributed by atoms with Gasteiger partial charge in [0.15, 0.2) is 0 Å². The van der Waals surface area contributed by atoms with Crippen molar-refractivity contribution in [3.63, 3.8) is 0 Å². The monoisotopic (exact) mass is 198 g/mol. The first-order chi connectivity index (χ1) is 6.09. The van der Waals surface area contributed by atoms with Crippen molar-refractivity contribution in [1.82, 2.24) is 0 Å². The van der Waals surface area contributed by atoms with Crippen LogP contribution in [0.15, 0.2) is 22.8 Å². The van der Waals surface area contributed by atoms with Crippen LogP contribution in [-0.4, -0.2) is 10.7 Å². The third-order valence-corrected chi connectivity index (χ3v) is 3.40. The van der Waals surface area contributed by atoms with Gasteiger partial charge in [-0.05, 0) is 26.2 Å². The van der Waals surface area contributed by atoms with E-state index >= 15 is 0 Å². The summed E-state index contributed by atoms with van der Waals surface area (Å²) < 4.78 is 0. The van der Waals surface area contributed by atoms with Crippen molar-refractivity contribution in [3.05, 3.63) is 22.8 Å². The molecule has 0 bridgehead atoms. The van der Waals surface area contributed by atoms with E-state index in [1.165, 1.54) is 5.57 Å². The molecule has 2 rings (SSSR count). The lowest BCUT2D eigenvalue weighted by Crippen LogP contribution is -2.38. The molecule has 2 aliphatic carbocycles. The highest BCUT2D eigenvalue weighted by Gasteiger charge is 2.37. The molecule has 2 atom stereocenters. The molecule has 0 aliphatic heterocycles. The maximum absolute atomic E-state index is 10.1. The van der Waals surface area contributed by atoms with Crippen molar-refractivity contribution >= 4 is 11.6 Å². The molecule has 1 N–H and O–H groups in total. The highest BCUT2D eigenvalue weighted by molar-refractivity contribution is 6.29. The van der Waals surface area contributed by atoms with Gasteiger partial charge in [-0.15, -0.1) is 0 Å². The lowest BCUT2D eigenvalue weighted by Gasteiger charge is -2.39. The summed E-state index contributed by atoms with van der Waals surface area (Å²) in [4.78, 5) is 0. The van der Waals surface area contributed by atoms with Gasteiger partial charge in [-0.2, -0.15) is 0 Å². The van der Waals surface area contributed by atoms with Crippen LogP contribution in [-0.2, 0) is 0 Å². The number of halogens is 1. The number of hydrogen-bond acceptors (Lipinski definition) is 1. The van der Waals surface area contributed by atoms with Gasteiger partial charge in [0.25, 0.3) is 0 Å². The van der Waals surface area contributed by atoms with Crippen LogP contribution in [0.4, 0.5) is 0 Å². The van der Waals surface area contributed by atoms with Gasteiger partial charge in [-0.1, -0.05) is 29.3 Å². The first kappa shape index (κ1) is 9.29. The zero-order valence-electron chi connectivity index (χ0n) is 7.89. The smallest absolute Gasteiger partial charge is 0.0719 e. The van der Waals surface area contributed by atoms with E-state index in [1.54, 1.807) is 0 Å². The zero-order chi connectivity index (χ0) is 9.47. The van der Waals surface area contributed by atoms with Crippen molar-refractivity contribution in [3.8, 4) is 0 Å². The normalized spacial score (nSPS) is 39.2. The van der Waals surface area contributed by atoms with Crippen LogP contribution in [0, 0.1) is 5.92 Å². The number of hydrogen-bond donors (Lipinski definition) is 1. The van der Waals surface area contributed by atoms with Gasteiger partial charge in [-0.25, -0.2) is 0 Å². The molecule has 0 radical (unpaired) electrons. The lowest BCUT2D eigenvalue weighted by molar-refractivity contribution is 0.00750.